The summed E-state index contributed by atoms with van der Waals surface area (Å²) in [7, 11) is 1.66. The van der Waals surface area contributed by atoms with E-state index in [9.17, 15) is 0 Å². The van der Waals surface area contributed by atoms with Gasteiger partial charge in [-0.05, 0) is 30.9 Å². The highest BCUT2D eigenvalue weighted by atomic mass is 16.5. The maximum atomic E-state index is 5.59. The van der Waals surface area contributed by atoms with Crippen molar-refractivity contribution < 1.29 is 4.74 Å². The van der Waals surface area contributed by atoms with Gasteiger partial charge in [-0.3, -0.25) is 16.3 Å². The molecule has 0 bridgehead atoms. The molecule has 0 amide bonds. The van der Waals surface area contributed by atoms with Crippen molar-refractivity contribution in [2.24, 2.45) is 11.8 Å². The van der Waals surface area contributed by atoms with Crippen LogP contribution in [-0.2, 0) is 0 Å². The van der Waals surface area contributed by atoms with E-state index in [2.05, 4.69) is 10.4 Å². The van der Waals surface area contributed by atoms with Crippen LogP contribution in [0.3, 0.4) is 0 Å². The van der Waals surface area contributed by atoms with Crippen LogP contribution >= 0.6 is 0 Å². The summed E-state index contributed by atoms with van der Waals surface area (Å²) in [5.74, 6) is 7.00. The monoisotopic (exact) mass is 207 g/mol. The SMILES string of the molecule is COc1cccnc1C(NN)C1CCC1. The molecule has 1 fully saturated rings. The Hall–Kier alpha value is -1.13. The van der Waals surface area contributed by atoms with Gasteiger partial charge in [0.2, 0.25) is 0 Å². The molecule has 4 nitrogen and oxygen atoms in total. The van der Waals surface area contributed by atoms with Crippen LogP contribution in [0.15, 0.2) is 18.3 Å². The fraction of sp³-hybridized carbons (Fsp3) is 0.545. The molecule has 1 aliphatic carbocycles. The number of pyridine rings is 1. The van der Waals surface area contributed by atoms with E-state index in [0.717, 1.165) is 11.4 Å². The van der Waals surface area contributed by atoms with Gasteiger partial charge in [0.15, 0.2) is 0 Å². The van der Waals surface area contributed by atoms with Crippen molar-refractivity contribution in [3.05, 3.63) is 24.0 Å². The predicted octanol–water partition coefficient (Wildman–Crippen LogP) is 1.39. The highest BCUT2D eigenvalue weighted by Crippen LogP contribution is 2.39. The fourth-order valence-corrected chi connectivity index (χ4v) is 2.02. The van der Waals surface area contributed by atoms with Gasteiger partial charge >= 0.3 is 0 Å². The molecule has 2 rings (SSSR count). The first-order valence-corrected chi connectivity index (χ1v) is 5.32. The van der Waals surface area contributed by atoms with E-state index in [1.165, 1.54) is 19.3 Å². The third-order valence-electron chi connectivity index (χ3n) is 3.12. The Morgan fingerprint density at radius 2 is 2.40 bits per heavy atom. The summed E-state index contributed by atoms with van der Waals surface area (Å²) in [6, 6.07) is 3.91. The zero-order valence-corrected chi connectivity index (χ0v) is 8.94. The van der Waals surface area contributed by atoms with E-state index in [4.69, 9.17) is 10.6 Å². The number of methoxy groups -OCH3 is 1. The van der Waals surface area contributed by atoms with Gasteiger partial charge in [-0.15, -0.1) is 0 Å². The van der Waals surface area contributed by atoms with Crippen LogP contribution in [-0.4, -0.2) is 12.1 Å². The quantitative estimate of drug-likeness (QED) is 0.578. The van der Waals surface area contributed by atoms with Crippen molar-refractivity contribution in [2.75, 3.05) is 7.11 Å². The summed E-state index contributed by atoms with van der Waals surface area (Å²) in [5, 5.41) is 0. The third-order valence-corrected chi connectivity index (χ3v) is 3.12. The van der Waals surface area contributed by atoms with E-state index < -0.39 is 0 Å². The second-order valence-electron chi connectivity index (χ2n) is 3.93. The van der Waals surface area contributed by atoms with Crippen LogP contribution in [0.2, 0.25) is 0 Å². The molecular formula is C11H17N3O. The molecule has 0 spiro atoms. The van der Waals surface area contributed by atoms with Gasteiger partial charge in [0.1, 0.15) is 11.4 Å². The van der Waals surface area contributed by atoms with Crippen LogP contribution in [0.4, 0.5) is 0 Å². The van der Waals surface area contributed by atoms with Crippen LogP contribution in [0.25, 0.3) is 0 Å². The van der Waals surface area contributed by atoms with E-state index in [1.807, 2.05) is 12.1 Å². The molecule has 1 aromatic heterocycles. The Morgan fingerprint density at radius 1 is 1.60 bits per heavy atom. The van der Waals surface area contributed by atoms with E-state index in [-0.39, 0.29) is 6.04 Å². The van der Waals surface area contributed by atoms with E-state index in [1.54, 1.807) is 13.3 Å². The van der Waals surface area contributed by atoms with Gasteiger partial charge < -0.3 is 4.74 Å². The van der Waals surface area contributed by atoms with Crippen LogP contribution in [0.5, 0.6) is 5.75 Å². The van der Waals surface area contributed by atoms with Crippen LogP contribution in [0.1, 0.15) is 31.0 Å². The molecule has 4 heteroatoms. The number of hydrogen-bond donors (Lipinski definition) is 2. The van der Waals surface area contributed by atoms with E-state index in [0.29, 0.717) is 5.92 Å². The highest BCUT2D eigenvalue weighted by Gasteiger charge is 2.30. The molecule has 0 aromatic carbocycles. The summed E-state index contributed by atoms with van der Waals surface area (Å²) in [6.07, 6.45) is 5.50. The number of nitrogens with two attached hydrogens (primary N) is 1. The lowest BCUT2D eigenvalue weighted by molar-refractivity contribution is 0.224. The number of hydrazine groups is 1. The number of rotatable bonds is 4. The number of nitrogens with zero attached hydrogens (tertiary/aromatic N) is 1. The van der Waals surface area contributed by atoms with E-state index >= 15 is 0 Å². The van der Waals surface area contributed by atoms with Gasteiger partial charge in [-0.2, -0.15) is 0 Å². The minimum absolute atomic E-state index is 0.120. The van der Waals surface area contributed by atoms with Crippen molar-refractivity contribution in [1.82, 2.24) is 10.4 Å². The average molecular weight is 207 g/mol. The zero-order chi connectivity index (χ0) is 10.7. The smallest absolute Gasteiger partial charge is 0.142 e. The zero-order valence-electron chi connectivity index (χ0n) is 8.94. The molecule has 0 radical (unpaired) electrons. The molecule has 1 aliphatic rings. The summed E-state index contributed by atoms with van der Waals surface area (Å²) >= 11 is 0. The van der Waals surface area contributed by atoms with Crippen LogP contribution in [0, 0.1) is 5.92 Å². The van der Waals surface area contributed by atoms with Gasteiger partial charge in [-0.1, -0.05) is 6.42 Å². The predicted molar refractivity (Wildman–Crippen MR) is 58.2 cm³/mol. The fourth-order valence-electron chi connectivity index (χ4n) is 2.02. The van der Waals surface area contributed by atoms with Crippen molar-refractivity contribution in [2.45, 2.75) is 25.3 Å². The topological polar surface area (TPSA) is 60.2 Å². The second kappa shape index (κ2) is 4.59. The number of nitrogens with one attached hydrogen (secondary N) is 1. The summed E-state index contributed by atoms with van der Waals surface area (Å²) in [6.45, 7) is 0. The first kappa shape index (κ1) is 10.4. The van der Waals surface area contributed by atoms with Gasteiger partial charge in [0, 0.05) is 6.20 Å². The Morgan fingerprint density at radius 3 is 2.93 bits per heavy atom. The average Bonchev–Trinajstić information content (AvgIpc) is 2.23. The molecule has 15 heavy (non-hydrogen) atoms. The summed E-state index contributed by atoms with van der Waals surface area (Å²) in [4.78, 5) is 4.36. The molecule has 0 saturated heterocycles. The Balaban J connectivity index is 2.24. The second-order valence-corrected chi connectivity index (χ2v) is 3.93. The Kier molecular flexibility index (Phi) is 3.18. The third kappa shape index (κ3) is 1.96. The van der Waals surface area contributed by atoms with Crippen molar-refractivity contribution in [3.63, 3.8) is 0 Å². The van der Waals surface area contributed by atoms with Crippen LogP contribution < -0.4 is 16.0 Å². The first-order chi connectivity index (χ1) is 7.36. The lowest BCUT2D eigenvalue weighted by Gasteiger charge is -2.33. The standard InChI is InChI=1S/C11H17N3O/c1-15-9-6-3-7-13-11(9)10(14-12)8-4-2-5-8/h3,6-8,10,14H,2,4-5,12H2,1H3. The molecule has 1 heterocycles. The molecule has 1 unspecified atom stereocenters. The lowest BCUT2D eigenvalue weighted by Crippen LogP contribution is -2.37. The maximum Gasteiger partial charge on any atom is 0.142 e. The Bertz CT molecular complexity index is 325. The summed E-state index contributed by atoms with van der Waals surface area (Å²) in [5.41, 5.74) is 3.78. The van der Waals surface area contributed by atoms with Crippen molar-refractivity contribution in [3.8, 4) is 5.75 Å². The first-order valence-electron chi connectivity index (χ1n) is 5.32. The minimum atomic E-state index is 0.120. The van der Waals surface area contributed by atoms with Gasteiger partial charge in [-0.25, -0.2) is 0 Å². The van der Waals surface area contributed by atoms with Crippen molar-refractivity contribution in [1.29, 1.82) is 0 Å². The molecular weight excluding hydrogens is 190 g/mol. The molecule has 1 aromatic rings. The number of hydrogen-bond acceptors (Lipinski definition) is 4. The summed E-state index contributed by atoms with van der Waals surface area (Å²) < 4.78 is 5.29. The Labute approximate surface area is 89.8 Å². The normalized spacial score (nSPS) is 18.3. The lowest BCUT2D eigenvalue weighted by atomic mass is 9.78. The maximum absolute atomic E-state index is 5.59. The molecule has 3 N–H and O–H groups in total. The molecule has 1 saturated carbocycles. The number of ether oxygens (including phenoxy) is 1. The van der Waals surface area contributed by atoms with Crippen molar-refractivity contribution >= 4 is 0 Å². The molecule has 1 atom stereocenters. The minimum Gasteiger partial charge on any atom is -0.495 e. The highest BCUT2D eigenvalue weighted by molar-refractivity contribution is 5.30. The number of aromatic nitrogens is 1. The molecule has 0 aliphatic heterocycles. The largest absolute Gasteiger partial charge is 0.495 e. The van der Waals surface area contributed by atoms with Gasteiger partial charge in [0.05, 0.1) is 13.2 Å². The molecule has 82 valence electrons. The van der Waals surface area contributed by atoms with Gasteiger partial charge in [0.25, 0.3) is 0 Å².